The quantitative estimate of drug-likeness (QED) is 0.668. The first-order valence-electron chi connectivity index (χ1n) is 5.67. The van der Waals surface area contributed by atoms with Gasteiger partial charge in [0.15, 0.2) is 11.6 Å². The molecular weight excluding hydrogens is 269 g/mol. The lowest BCUT2D eigenvalue weighted by Gasteiger charge is -2.08. The second kappa shape index (κ2) is 5.64. The Morgan fingerprint density at radius 3 is 2.25 bits per heavy atom. The predicted molar refractivity (Wildman–Crippen MR) is 68.1 cm³/mol. The molecule has 0 unspecified atom stereocenters. The summed E-state index contributed by atoms with van der Waals surface area (Å²) >= 11 is 0. The summed E-state index contributed by atoms with van der Waals surface area (Å²) in [5, 5.41) is 7.17. The first kappa shape index (κ1) is 13.9. The normalized spacial score (nSPS) is 10.3. The highest BCUT2D eigenvalue weighted by atomic mass is 19.1. The molecule has 0 fully saturated rings. The standard InChI is InChI=1S/C14H11F3N2O/c15-10-3-8(4-11(16)6-10)7-20-13-2-1-9(14(18)19)5-12(13)17/h1-6H,7H2,(H3,18,19). The molecule has 0 saturated carbocycles. The molecule has 3 nitrogen and oxygen atoms in total. The van der Waals surface area contributed by atoms with E-state index < -0.39 is 17.5 Å². The monoisotopic (exact) mass is 280 g/mol. The van der Waals surface area contributed by atoms with Crippen LogP contribution in [-0.2, 0) is 6.61 Å². The molecule has 2 aromatic rings. The van der Waals surface area contributed by atoms with Crippen LogP contribution in [-0.4, -0.2) is 5.84 Å². The second-order valence-corrected chi connectivity index (χ2v) is 4.13. The molecule has 0 aliphatic heterocycles. The highest BCUT2D eigenvalue weighted by molar-refractivity contribution is 5.95. The van der Waals surface area contributed by atoms with Crippen molar-refractivity contribution in [3.05, 3.63) is 65.0 Å². The van der Waals surface area contributed by atoms with E-state index in [1.165, 1.54) is 12.1 Å². The summed E-state index contributed by atoms with van der Waals surface area (Å²) in [4.78, 5) is 0. The van der Waals surface area contributed by atoms with E-state index in [9.17, 15) is 13.2 Å². The van der Waals surface area contributed by atoms with Crippen LogP contribution in [0.1, 0.15) is 11.1 Å². The van der Waals surface area contributed by atoms with Gasteiger partial charge in [0.05, 0.1) is 0 Å². The molecule has 0 amide bonds. The molecule has 0 spiro atoms. The van der Waals surface area contributed by atoms with Gasteiger partial charge in [-0.05, 0) is 35.9 Å². The van der Waals surface area contributed by atoms with Crippen LogP contribution in [0.4, 0.5) is 13.2 Å². The van der Waals surface area contributed by atoms with Gasteiger partial charge >= 0.3 is 0 Å². The van der Waals surface area contributed by atoms with Crippen molar-refractivity contribution in [3.63, 3.8) is 0 Å². The van der Waals surface area contributed by atoms with Crippen LogP contribution in [0, 0.1) is 22.9 Å². The summed E-state index contributed by atoms with van der Waals surface area (Å²) < 4.78 is 44.7. The number of nitrogens with one attached hydrogen (secondary N) is 1. The molecule has 0 heterocycles. The maximum absolute atomic E-state index is 13.6. The van der Waals surface area contributed by atoms with E-state index in [0.717, 1.165) is 24.3 Å². The molecule has 0 aliphatic carbocycles. The Labute approximate surface area is 113 Å². The van der Waals surface area contributed by atoms with Crippen molar-refractivity contribution in [1.82, 2.24) is 0 Å². The van der Waals surface area contributed by atoms with E-state index in [-0.39, 0.29) is 29.3 Å². The number of nitrogens with two attached hydrogens (primary N) is 1. The van der Waals surface area contributed by atoms with Crippen LogP contribution in [0.3, 0.4) is 0 Å². The molecular formula is C14H11F3N2O. The fourth-order valence-corrected chi connectivity index (χ4v) is 1.64. The largest absolute Gasteiger partial charge is 0.486 e. The zero-order valence-electron chi connectivity index (χ0n) is 10.3. The number of amidine groups is 1. The predicted octanol–water partition coefficient (Wildman–Crippen LogP) is 2.97. The first-order valence-corrected chi connectivity index (χ1v) is 5.67. The molecule has 2 rings (SSSR count). The van der Waals surface area contributed by atoms with E-state index in [2.05, 4.69) is 0 Å². The van der Waals surface area contributed by atoms with Crippen LogP contribution in [0.25, 0.3) is 0 Å². The van der Waals surface area contributed by atoms with Crippen molar-refractivity contribution in [2.45, 2.75) is 6.61 Å². The highest BCUT2D eigenvalue weighted by Crippen LogP contribution is 2.20. The molecule has 2 aromatic carbocycles. The third kappa shape index (κ3) is 3.28. The number of rotatable bonds is 4. The summed E-state index contributed by atoms with van der Waals surface area (Å²) in [5.41, 5.74) is 5.70. The van der Waals surface area contributed by atoms with Crippen molar-refractivity contribution in [2.24, 2.45) is 5.73 Å². The van der Waals surface area contributed by atoms with E-state index in [1.54, 1.807) is 0 Å². The van der Waals surface area contributed by atoms with Crippen LogP contribution in [0.5, 0.6) is 5.75 Å². The molecule has 20 heavy (non-hydrogen) atoms. The summed E-state index contributed by atoms with van der Waals surface area (Å²) in [6.45, 7) is -0.176. The van der Waals surface area contributed by atoms with Gasteiger partial charge in [-0.1, -0.05) is 0 Å². The zero-order chi connectivity index (χ0) is 14.7. The van der Waals surface area contributed by atoms with E-state index in [1.807, 2.05) is 0 Å². The minimum atomic E-state index is -0.726. The maximum Gasteiger partial charge on any atom is 0.165 e. The smallest absolute Gasteiger partial charge is 0.165 e. The molecule has 6 heteroatoms. The van der Waals surface area contributed by atoms with Crippen molar-refractivity contribution < 1.29 is 17.9 Å². The number of hydrogen-bond acceptors (Lipinski definition) is 2. The number of halogens is 3. The molecule has 3 N–H and O–H groups in total. The lowest BCUT2D eigenvalue weighted by atomic mass is 10.2. The summed E-state index contributed by atoms with van der Waals surface area (Å²) in [5.74, 6) is -2.50. The number of benzene rings is 2. The maximum atomic E-state index is 13.6. The molecule has 0 aliphatic rings. The topological polar surface area (TPSA) is 59.1 Å². The highest BCUT2D eigenvalue weighted by Gasteiger charge is 2.08. The molecule has 0 aromatic heterocycles. The van der Waals surface area contributed by atoms with E-state index in [4.69, 9.17) is 15.9 Å². The lowest BCUT2D eigenvalue weighted by molar-refractivity contribution is 0.289. The van der Waals surface area contributed by atoms with E-state index >= 15 is 0 Å². The van der Waals surface area contributed by atoms with Gasteiger partial charge in [0.1, 0.15) is 24.1 Å². The Bertz CT molecular complexity index is 639. The Morgan fingerprint density at radius 2 is 1.70 bits per heavy atom. The van der Waals surface area contributed by atoms with Gasteiger partial charge in [-0.25, -0.2) is 13.2 Å². The Kier molecular flexibility index (Phi) is 3.93. The third-order valence-electron chi connectivity index (χ3n) is 2.56. The summed E-state index contributed by atoms with van der Waals surface area (Å²) in [6.07, 6.45) is 0. The van der Waals surface area contributed by atoms with Crippen molar-refractivity contribution in [2.75, 3.05) is 0 Å². The molecule has 0 radical (unpaired) electrons. The van der Waals surface area contributed by atoms with Gasteiger partial charge < -0.3 is 10.5 Å². The number of nitrogen functional groups attached to an aromatic ring is 1. The van der Waals surface area contributed by atoms with Gasteiger partial charge in [0.25, 0.3) is 0 Å². The molecule has 0 atom stereocenters. The Morgan fingerprint density at radius 1 is 1.05 bits per heavy atom. The van der Waals surface area contributed by atoms with Crippen molar-refractivity contribution in [3.8, 4) is 5.75 Å². The molecule has 0 saturated heterocycles. The van der Waals surface area contributed by atoms with Gasteiger partial charge in [0.2, 0.25) is 0 Å². The lowest BCUT2D eigenvalue weighted by Crippen LogP contribution is -2.11. The van der Waals surface area contributed by atoms with Gasteiger partial charge in [-0.3, -0.25) is 5.41 Å². The van der Waals surface area contributed by atoms with E-state index in [0.29, 0.717) is 0 Å². The second-order valence-electron chi connectivity index (χ2n) is 4.13. The van der Waals surface area contributed by atoms with Gasteiger partial charge in [-0.2, -0.15) is 0 Å². The van der Waals surface area contributed by atoms with Crippen molar-refractivity contribution in [1.29, 1.82) is 5.41 Å². The Balaban J connectivity index is 2.12. The minimum absolute atomic E-state index is 0.0836. The average molecular weight is 280 g/mol. The minimum Gasteiger partial charge on any atom is -0.486 e. The fraction of sp³-hybridized carbons (Fsp3) is 0.0714. The van der Waals surface area contributed by atoms with Gasteiger partial charge in [0, 0.05) is 11.6 Å². The summed E-state index contributed by atoms with van der Waals surface area (Å²) in [7, 11) is 0. The molecule has 0 bridgehead atoms. The van der Waals surface area contributed by atoms with Crippen LogP contribution in [0.2, 0.25) is 0 Å². The number of hydrogen-bond donors (Lipinski definition) is 2. The third-order valence-corrected chi connectivity index (χ3v) is 2.56. The number of ether oxygens (including phenoxy) is 1. The fourth-order valence-electron chi connectivity index (χ4n) is 1.64. The SMILES string of the molecule is N=C(N)c1ccc(OCc2cc(F)cc(F)c2)c(F)c1. The molecule has 104 valence electrons. The van der Waals surface area contributed by atoms with Crippen molar-refractivity contribution >= 4 is 5.84 Å². The van der Waals surface area contributed by atoms with Crippen LogP contribution < -0.4 is 10.5 Å². The Hall–Kier alpha value is -2.50. The van der Waals surface area contributed by atoms with Crippen LogP contribution in [0.15, 0.2) is 36.4 Å². The van der Waals surface area contributed by atoms with Gasteiger partial charge in [-0.15, -0.1) is 0 Å². The average Bonchev–Trinajstić information content (AvgIpc) is 2.36. The summed E-state index contributed by atoms with van der Waals surface area (Å²) in [6, 6.07) is 6.74. The first-order chi connectivity index (χ1) is 9.45. The van der Waals surface area contributed by atoms with Crippen LogP contribution >= 0.6 is 0 Å². The zero-order valence-corrected chi connectivity index (χ0v) is 10.3.